The van der Waals surface area contributed by atoms with Crippen LogP contribution >= 0.6 is 23.2 Å². The molecule has 1 aromatic carbocycles. The molecule has 0 N–H and O–H groups in total. The van der Waals surface area contributed by atoms with Gasteiger partial charge in [0, 0.05) is 11.4 Å². The summed E-state index contributed by atoms with van der Waals surface area (Å²) >= 11 is 11.3. The molecule has 1 aromatic rings. The van der Waals surface area contributed by atoms with Gasteiger partial charge in [-0.2, -0.15) is 0 Å². The van der Waals surface area contributed by atoms with Crippen LogP contribution in [0.2, 0.25) is 5.02 Å². The summed E-state index contributed by atoms with van der Waals surface area (Å²) < 4.78 is 0. The predicted molar refractivity (Wildman–Crippen MR) is 59.8 cm³/mol. The number of carbonyl (C=O) groups is 1. The fourth-order valence-corrected chi connectivity index (χ4v) is 1.86. The van der Waals surface area contributed by atoms with Gasteiger partial charge in [-0.25, -0.2) is 0 Å². The lowest BCUT2D eigenvalue weighted by molar-refractivity contribution is -0.112. The van der Waals surface area contributed by atoms with Crippen LogP contribution < -0.4 is 0 Å². The number of halogens is 2. The minimum Gasteiger partial charge on any atom is -0.281 e. The summed E-state index contributed by atoms with van der Waals surface area (Å²) in [6.07, 6.45) is 1.19. The summed E-state index contributed by atoms with van der Waals surface area (Å²) in [5.74, 6) is 0.236. The zero-order valence-electron chi connectivity index (χ0n) is 7.97. The molecular formula is C11H12Cl2O. The lowest BCUT2D eigenvalue weighted by Gasteiger charge is -2.09. The van der Waals surface area contributed by atoms with Crippen molar-refractivity contribution in [1.29, 1.82) is 0 Å². The highest BCUT2D eigenvalue weighted by atomic mass is 35.5. The summed E-state index contributed by atoms with van der Waals surface area (Å²) in [5.41, 5.74) is 1.07. The monoisotopic (exact) mass is 230 g/mol. The van der Waals surface area contributed by atoms with Crippen LogP contribution in [-0.4, -0.2) is 5.24 Å². The smallest absolute Gasteiger partial charge is 0.221 e. The molecule has 0 aliphatic carbocycles. The Hall–Kier alpha value is -0.530. The Kier molecular flexibility index (Phi) is 4.43. The van der Waals surface area contributed by atoms with Crippen LogP contribution in [0.15, 0.2) is 24.3 Å². The summed E-state index contributed by atoms with van der Waals surface area (Å²) in [6, 6.07) is 7.66. The van der Waals surface area contributed by atoms with Crippen molar-refractivity contribution in [3.63, 3.8) is 0 Å². The van der Waals surface area contributed by atoms with Gasteiger partial charge < -0.3 is 0 Å². The molecule has 14 heavy (non-hydrogen) atoms. The zero-order chi connectivity index (χ0) is 10.6. The van der Waals surface area contributed by atoms with E-state index in [0.29, 0.717) is 6.42 Å². The quantitative estimate of drug-likeness (QED) is 0.722. The van der Waals surface area contributed by atoms with Crippen LogP contribution in [-0.2, 0) is 11.2 Å². The van der Waals surface area contributed by atoms with E-state index in [2.05, 4.69) is 0 Å². The molecule has 0 aliphatic rings. The van der Waals surface area contributed by atoms with Gasteiger partial charge >= 0.3 is 0 Å². The third kappa shape index (κ3) is 3.69. The number of benzene rings is 1. The Morgan fingerprint density at radius 1 is 1.43 bits per heavy atom. The highest BCUT2D eigenvalue weighted by Crippen LogP contribution is 2.20. The molecule has 0 fully saturated rings. The van der Waals surface area contributed by atoms with Gasteiger partial charge in [-0.05, 0) is 35.6 Å². The first-order chi connectivity index (χ1) is 6.59. The van der Waals surface area contributed by atoms with Gasteiger partial charge in [0.15, 0.2) is 0 Å². The van der Waals surface area contributed by atoms with E-state index in [9.17, 15) is 4.79 Å². The number of hydrogen-bond acceptors (Lipinski definition) is 1. The van der Waals surface area contributed by atoms with E-state index in [1.807, 2.05) is 31.2 Å². The second-order valence-corrected chi connectivity index (χ2v) is 4.29. The molecule has 0 saturated carbocycles. The minimum atomic E-state index is -0.287. The summed E-state index contributed by atoms with van der Waals surface area (Å²) in [5, 5.41) is 0.464. The largest absolute Gasteiger partial charge is 0.281 e. The predicted octanol–water partition coefficient (Wildman–Crippen LogP) is 3.67. The second-order valence-electron chi connectivity index (χ2n) is 3.46. The third-order valence-electron chi connectivity index (χ3n) is 2.04. The lowest BCUT2D eigenvalue weighted by Crippen LogP contribution is -2.04. The van der Waals surface area contributed by atoms with Gasteiger partial charge in [-0.15, -0.1) is 0 Å². The summed E-state index contributed by atoms with van der Waals surface area (Å²) in [4.78, 5) is 10.7. The van der Waals surface area contributed by atoms with E-state index in [1.165, 1.54) is 0 Å². The van der Waals surface area contributed by atoms with Crippen LogP contribution in [0.1, 0.15) is 18.9 Å². The van der Waals surface area contributed by atoms with Crippen LogP contribution in [0.5, 0.6) is 0 Å². The van der Waals surface area contributed by atoms with Crippen molar-refractivity contribution >= 4 is 28.4 Å². The Balaban J connectivity index is 2.60. The maximum Gasteiger partial charge on any atom is 0.221 e. The van der Waals surface area contributed by atoms with Crippen LogP contribution in [0.4, 0.5) is 0 Å². The SMILES string of the molecule is CC(CC(=O)Cl)Cc1ccccc1Cl. The molecule has 0 aliphatic heterocycles. The van der Waals surface area contributed by atoms with E-state index >= 15 is 0 Å². The van der Waals surface area contributed by atoms with E-state index in [-0.39, 0.29) is 11.2 Å². The molecule has 0 bridgehead atoms. The van der Waals surface area contributed by atoms with Gasteiger partial charge in [0.1, 0.15) is 0 Å². The average Bonchev–Trinajstić information content (AvgIpc) is 2.07. The fourth-order valence-electron chi connectivity index (χ4n) is 1.39. The van der Waals surface area contributed by atoms with E-state index in [4.69, 9.17) is 23.2 Å². The maximum atomic E-state index is 10.7. The zero-order valence-corrected chi connectivity index (χ0v) is 9.48. The van der Waals surface area contributed by atoms with Gasteiger partial charge in [0.25, 0.3) is 0 Å². The first-order valence-corrected chi connectivity index (χ1v) is 5.27. The summed E-state index contributed by atoms with van der Waals surface area (Å²) in [7, 11) is 0. The van der Waals surface area contributed by atoms with Crippen molar-refractivity contribution in [2.75, 3.05) is 0 Å². The molecule has 0 heterocycles. The van der Waals surface area contributed by atoms with Gasteiger partial charge in [0.05, 0.1) is 0 Å². The molecule has 0 radical (unpaired) electrons. The van der Waals surface area contributed by atoms with Crippen molar-refractivity contribution in [3.8, 4) is 0 Å². The first-order valence-electron chi connectivity index (χ1n) is 4.51. The first kappa shape index (κ1) is 11.5. The molecule has 0 spiro atoms. The topological polar surface area (TPSA) is 17.1 Å². The fraction of sp³-hybridized carbons (Fsp3) is 0.364. The van der Waals surface area contributed by atoms with Gasteiger partial charge in [0.2, 0.25) is 5.24 Å². The molecule has 3 heteroatoms. The molecule has 1 nitrogen and oxygen atoms in total. The summed E-state index contributed by atoms with van der Waals surface area (Å²) in [6.45, 7) is 1.99. The number of rotatable bonds is 4. The van der Waals surface area contributed by atoms with Crippen molar-refractivity contribution in [2.24, 2.45) is 5.92 Å². The third-order valence-corrected chi connectivity index (χ3v) is 2.56. The van der Waals surface area contributed by atoms with Crippen LogP contribution in [0.3, 0.4) is 0 Å². The highest BCUT2D eigenvalue weighted by molar-refractivity contribution is 6.63. The van der Waals surface area contributed by atoms with Gasteiger partial charge in [-0.1, -0.05) is 36.7 Å². The molecule has 1 atom stereocenters. The van der Waals surface area contributed by atoms with Crippen molar-refractivity contribution in [1.82, 2.24) is 0 Å². The minimum absolute atomic E-state index is 0.236. The Labute approximate surface area is 94.0 Å². The molecule has 0 saturated heterocycles. The van der Waals surface area contributed by atoms with Crippen LogP contribution in [0.25, 0.3) is 0 Å². The van der Waals surface area contributed by atoms with E-state index < -0.39 is 0 Å². The normalized spacial score (nSPS) is 12.5. The van der Waals surface area contributed by atoms with Crippen molar-refractivity contribution in [2.45, 2.75) is 19.8 Å². The Morgan fingerprint density at radius 2 is 2.07 bits per heavy atom. The standard InChI is InChI=1S/C11H12Cl2O/c1-8(7-11(13)14)6-9-4-2-3-5-10(9)12/h2-5,8H,6-7H2,1H3. The lowest BCUT2D eigenvalue weighted by atomic mass is 9.99. The van der Waals surface area contributed by atoms with E-state index in [0.717, 1.165) is 17.0 Å². The number of carbonyl (C=O) groups excluding carboxylic acids is 1. The molecule has 1 rings (SSSR count). The van der Waals surface area contributed by atoms with Crippen molar-refractivity contribution < 1.29 is 4.79 Å². The molecule has 1 unspecified atom stereocenters. The molecule has 76 valence electrons. The molecule has 0 aromatic heterocycles. The second kappa shape index (κ2) is 5.38. The Bertz CT molecular complexity index is 323. The van der Waals surface area contributed by atoms with Gasteiger partial charge in [-0.3, -0.25) is 4.79 Å². The molecule has 0 amide bonds. The van der Waals surface area contributed by atoms with Crippen molar-refractivity contribution in [3.05, 3.63) is 34.9 Å². The molecular weight excluding hydrogens is 219 g/mol. The maximum absolute atomic E-state index is 10.7. The van der Waals surface area contributed by atoms with E-state index in [1.54, 1.807) is 0 Å². The number of hydrogen-bond donors (Lipinski definition) is 0. The highest BCUT2D eigenvalue weighted by Gasteiger charge is 2.09. The Morgan fingerprint density at radius 3 is 2.64 bits per heavy atom. The average molecular weight is 231 g/mol. The van der Waals surface area contributed by atoms with Crippen LogP contribution in [0, 0.1) is 5.92 Å².